The molecule has 25 heavy (non-hydrogen) atoms. The van der Waals surface area contributed by atoms with Gasteiger partial charge in [0.05, 0.1) is 28.4 Å². The van der Waals surface area contributed by atoms with E-state index in [-0.39, 0.29) is 0 Å². The summed E-state index contributed by atoms with van der Waals surface area (Å²) in [6.07, 6.45) is 2.28. The van der Waals surface area contributed by atoms with Crippen molar-refractivity contribution in [2.75, 3.05) is 28.4 Å². The maximum atomic E-state index is 5.44. The van der Waals surface area contributed by atoms with Gasteiger partial charge in [0.1, 0.15) is 0 Å². The van der Waals surface area contributed by atoms with Crippen molar-refractivity contribution in [2.45, 2.75) is 23.3 Å². The molecule has 5 heteroatoms. The van der Waals surface area contributed by atoms with Crippen LogP contribution in [0.2, 0.25) is 0 Å². The summed E-state index contributed by atoms with van der Waals surface area (Å²) < 4.78 is 21.5. The average Bonchev–Trinajstić information content (AvgIpc) is 3.17. The first-order chi connectivity index (χ1) is 12.2. The molecular formula is C20H24O4S. The standard InChI is InChI=1S/C20H24O4S/c1-21-15-7-5-13(11-17(15)23-3)19-9-10-20(25-19)14-6-8-16(22-2)18(12-14)24-4/h5-8,11-12,19-20H,9-10H2,1-4H3. The van der Waals surface area contributed by atoms with Crippen LogP contribution in [0.5, 0.6) is 23.0 Å². The fourth-order valence-corrected chi connectivity index (χ4v) is 4.78. The Hall–Kier alpha value is -2.01. The second kappa shape index (κ2) is 7.91. The minimum atomic E-state index is 0.456. The summed E-state index contributed by atoms with van der Waals surface area (Å²) in [4.78, 5) is 0. The van der Waals surface area contributed by atoms with E-state index >= 15 is 0 Å². The zero-order chi connectivity index (χ0) is 17.8. The predicted octanol–water partition coefficient (Wildman–Crippen LogP) is 5.03. The lowest BCUT2D eigenvalue weighted by molar-refractivity contribution is 0.354. The Morgan fingerprint density at radius 3 is 1.40 bits per heavy atom. The summed E-state index contributed by atoms with van der Waals surface area (Å²) in [6, 6.07) is 12.4. The van der Waals surface area contributed by atoms with E-state index in [9.17, 15) is 0 Å². The van der Waals surface area contributed by atoms with Crippen LogP contribution in [-0.2, 0) is 0 Å². The highest BCUT2D eigenvalue weighted by Gasteiger charge is 2.29. The lowest BCUT2D eigenvalue weighted by Gasteiger charge is -2.16. The lowest BCUT2D eigenvalue weighted by atomic mass is 10.0. The van der Waals surface area contributed by atoms with Crippen LogP contribution in [0.3, 0.4) is 0 Å². The Balaban J connectivity index is 1.78. The molecule has 0 N–H and O–H groups in total. The Kier molecular flexibility index (Phi) is 5.63. The SMILES string of the molecule is COc1ccc(C2CCC(c3ccc(OC)c(OC)c3)S2)cc1OC. The summed E-state index contributed by atoms with van der Waals surface area (Å²) in [6.45, 7) is 0. The molecule has 0 spiro atoms. The molecule has 0 radical (unpaired) electrons. The molecule has 2 aromatic carbocycles. The largest absolute Gasteiger partial charge is 0.493 e. The van der Waals surface area contributed by atoms with Gasteiger partial charge in [-0.05, 0) is 48.2 Å². The number of ether oxygens (including phenoxy) is 4. The van der Waals surface area contributed by atoms with E-state index in [0.717, 1.165) is 35.8 Å². The molecule has 1 heterocycles. The number of hydrogen-bond acceptors (Lipinski definition) is 5. The first-order valence-electron chi connectivity index (χ1n) is 8.29. The Morgan fingerprint density at radius 2 is 1.04 bits per heavy atom. The molecule has 0 bridgehead atoms. The smallest absolute Gasteiger partial charge is 0.161 e. The summed E-state index contributed by atoms with van der Waals surface area (Å²) >= 11 is 1.99. The van der Waals surface area contributed by atoms with Crippen LogP contribution in [0.1, 0.15) is 34.5 Å². The quantitative estimate of drug-likeness (QED) is 0.722. The molecule has 4 nitrogen and oxygen atoms in total. The van der Waals surface area contributed by atoms with Gasteiger partial charge in [-0.3, -0.25) is 0 Å². The minimum Gasteiger partial charge on any atom is -0.493 e. The predicted molar refractivity (Wildman–Crippen MR) is 101 cm³/mol. The molecule has 0 amide bonds. The van der Waals surface area contributed by atoms with Crippen LogP contribution in [0.15, 0.2) is 36.4 Å². The van der Waals surface area contributed by atoms with Crippen LogP contribution in [0, 0.1) is 0 Å². The highest BCUT2D eigenvalue weighted by atomic mass is 32.2. The van der Waals surface area contributed by atoms with Gasteiger partial charge in [0.2, 0.25) is 0 Å². The molecule has 0 aromatic heterocycles. The second-order valence-corrected chi connectivity index (χ2v) is 7.33. The monoisotopic (exact) mass is 360 g/mol. The number of rotatable bonds is 6. The van der Waals surface area contributed by atoms with Crippen molar-refractivity contribution < 1.29 is 18.9 Å². The average molecular weight is 360 g/mol. The number of benzene rings is 2. The zero-order valence-corrected chi connectivity index (χ0v) is 15.9. The molecular weight excluding hydrogens is 336 g/mol. The molecule has 2 atom stereocenters. The molecule has 134 valence electrons. The van der Waals surface area contributed by atoms with Crippen LogP contribution < -0.4 is 18.9 Å². The third-order valence-corrected chi connectivity index (χ3v) is 6.25. The summed E-state index contributed by atoms with van der Waals surface area (Å²) in [5, 5.41) is 0.913. The fourth-order valence-electron chi connectivity index (χ4n) is 3.23. The molecule has 1 aliphatic heterocycles. The van der Waals surface area contributed by atoms with E-state index in [1.54, 1.807) is 28.4 Å². The summed E-state index contributed by atoms with van der Waals surface area (Å²) in [5.74, 6) is 3.11. The number of hydrogen-bond donors (Lipinski definition) is 0. The molecule has 3 rings (SSSR count). The Bertz CT molecular complexity index is 670. The van der Waals surface area contributed by atoms with Gasteiger partial charge in [0.25, 0.3) is 0 Å². The van der Waals surface area contributed by atoms with Crippen molar-refractivity contribution in [1.82, 2.24) is 0 Å². The van der Waals surface area contributed by atoms with Gasteiger partial charge in [-0.25, -0.2) is 0 Å². The summed E-state index contributed by atoms with van der Waals surface area (Å²) in [5.41, 5.74) is 2.57. The van der Waals surface area contributed by atoms with Crippen molar-refractivity contribution in [3.8, 4) is 23.0 Å². The Morgan fingerprint density at radius 1 is 0.640 bits per heavy atom. The van der Waals surface area contributed by atoms with Crippen molar-refractivity contribution in [1.29, 1.82) is 0 Å². The normalized spacial score (nSPS) is 19.5. The van der Waals surface area contributed by atoms with Gasteiger partial charge >= 0.3 is 0 Å². The van der Waals surface area contributed by atoms with Gasteiger partial charge < -0.3 is 18.9 Å². The van der Waals surface area contributed by atoms with Gasteiger partial charge in [0.15, 0.2) is 23.0 Å². The molecule has 2 unspecified atom stereocenters. The minimum absolute atomic E-state index is 0.456. The molecule has 0 aliphatic carbocycles. The topological polar surface area (TPSA) is 36.9 Å². The number of thioether (sulfide) groups is 1. The van der Waals surface area contributed by atoms with Crippen molar-refractivity contribution in [3.05, 3.63) is 47.5 Å². The molecule has 1 saturated heterocycles. The van der Waals surface area contributed by atoms with Gasteiger partial charge in [-0.15, -0.1) is 11.8 Å². The fraction of sp³-hybridized carbons (Fsp3) is 0.400. The van der Waals surface area contributed by atoms with Crippen LogP contribution in [-0.4, -0.2) is 28.4 Å². The van der Waals surface area contributed by atoms with Crippen molar-refractivity contribution >= 4 is 11.8 Å². The maximum Gasteiger partial charge on any atom is 0.161 e. The summed E-state index contributed by atoms with van der Waals surface area (Å²) in [7, 11) is 6.68. The Labute approximate surface area is 153 Å². The second-order valence-electron chi connectivity index (χ2n) is 5.92. The van der Waals surface area contributed by atoms with Gasteiger partial charge in [-0.2, -0.15) is 0 Å². The van der Waals surface area contributed by atoms with Gasteiger partial charge in [0, 0.05) is 10.5 Å². The van der Waals surface area contributed by atoms with Gasteiger partial charge in [-0.1, -0.05) is 12.1 Å². The lowest BCUT2D eigenvalue weighted by Crippen LogP contribution is -1.95. The first-order valence-corrected chi connectivity index (χ1v) is 9.23. The van der Waals surface area contributed by atoms with Crippen LogP contribution in [0.25, 0.3) is 0 Å². The molecule has 0 saturated carbocycles. The third kappa shape index (κ3) is 3.66. The molecule has 1 fully saturated rings. The van der Waals surface area contributed by atoms with E-state index in [2.05, 4.69) is 24.3 Å². The van der Waals surface area contributed by atoms with E-state index in [0.29, 0.717) is 10.5 Å². The van der Waals surface area contributed by atoms with E-state index in [1.165, 1.54) is 11.1 Å². The highest BCUT2D eigenvalue weighted by Crippen LogP contribution is 2.54. The first kappa shape index (κ1) is 17.8. The third-order valence-electron chi connectivity index (χ3n) is 4.58. The molecule has 2 aromatic rings. The van der Waals surface area contributed by atoms with Crippen molar-refractivity contribution in [3.63, 3.8) is 0 Å². The van der Waals surface area contributed by atoms with Crippen LogP contribution in [0.4, 0.5) is 0 Å². The van der Waals surface area contributed by atoms with E-state index in [4.69, 9.17) is 18.9 Å². The zero-order valence-electron chi connectivity index (χ0n) is 15.1. The van der Waals surface area contributed by atoms with E-state index < -0.39 is 0 Å². The maximum absolute atomic E-state index is 5.44. The van der Waals surface area contributed by atoms with Crippen molar-refractivity contribution in [2.24, 2.45) is 0 Å². The number of methoxy groups -OCH3 is 4. The van der Waals surface area contributed by atoms with E-state index in [1.807, 2.05) is 23.9 Å². The highest BCUT2D eigenvalue weighted by molar-refractivity contribution is 8.00. The van der Waals surface area contributed by atoms with Crippen LogP contribution >= 0.6 is 11.8 Å². The molecule has 1 aliphatic rings.